The molecule has 0 unspecified atom stereocenters. The molecule has 1 heterocycles. The van der Waals surface area contributed by atoms with Gasteiger partial charge in [-0.1, -0.05) is 0 Å². The summed E-state index contributed by atoms with van der Waals surface area (Å²) in [5.41, 5.74) is 1.34. The van der Waals surface area contributed by atoms with E-state index in [4.69, 9.17) is 0 Å². The third-order valence-corrected chi connectivity index (χ3v) is 1.91. The summed E-state index contributed by atoms with van der Waals surface area (Å²) in [4.78, 5) is 2.34. The molecule has 0 aromatic carbocycles. The lowest BCUT2D eigenvalue weighted by Gasteiger charge is -2.23. The first-order valence-corrected chi connectivity index (χ1v) is 4.10. The van der Waals surface area contributed by atoms with Crippen LogP contribution in [0, 0.1) is 0 Å². The van der Waals surface area contributed by atoms with Gasteiger partial charge in [0.2, 0.25) is 0 Å². The highest BCUT2D eigenvalue weighted by molar-refractivity contribution is 5.85. The van der Waals surface area contributed by atoms with Crippen LogP contribution in [0.15, 0.2) is 5.10 Å². The van der Waals surface area contributed by atoms with E-state index in [1.165, 1.54) is 5.71 Å². The maximum absolute atomic E-state index is 4.39. The minimum Gasteiger partial charge on any atom is -0.306 e. The molecule has 0 saturated carbocycles. The molecule has 3 heteroatoms. The van der Waals surface area contributed by atoms with Crippen LogP contribution in [0.25, 0.3) is 0 Å². The lowest BCUT2D eigenvalue weighted by molar-refractivity contribution is 0.330. The Morgan fingerprint density at radius 2 is 1.82 bits per heavy atom. The first kappa shape index (κ1) is 8.53. The molecule has 0 amide bonds. The van der Waals surface area contributed by atoms with Gasteiger partial charge in [0.05, 0.1) is 0 Å². The van der Waals surface area contributed by atoms with E-state index in [2.05, 4.69) is 17.0 Å². The first-order chi connectivity index (χ1) is 5.18. The van der Waals surface area contributed by atoms with E-state index in [0.29, 0.717) is 0 Å². The van der Waals surface area contributed by atoms with Gasteiger partial charge in [-0.3, -0.25) is 0 Å². The van der Waals surface area contributed by atoms with Crippen LogP contribution in [0.1, 0.15) is 12.8 Å². The Hall–Kier alpha value is -0.570. The zero-order valence-corrected chi connectivity index (χ0v) is 7.67. The number of likely N-dealkylation sites (tertiary alicyclic amines) is 1. The van der Waals surface area contributed by atoms with E-state index in [1.807, 2.05) is 19.1 Å². The van der Waals surface area contributed by atoms with Crippen LogP contribution in [-0.2, 0) is 0 Å². The van der Waals surface area contributed by atoms with Crippen molar-refractivity contribution in [2.75, 3.05) is 34.2 Å². The van der Waals surface area contributed by atoms with Crippen molar-refractivity contribution in [2.24, 2.45) is 5.10 Å². The number of piperidine rings is 1. The second-order valence-electron chi connectivity index (χ2n) is 3.32. The van der Waals surface area contributed by atoms with Crippen molar-refractivity contribution in [3.63, 3.8) is 0 Å². The second kappa shape index (κ2) is 3.72. The van der Waals surface area contributed by atoms with E-state index in [1.54, 1.807) is 0 Å². The van der Waals surface area contributed by atoms with Crippen LogP contribution < -0.4 is 0 Å². The van der Waals surface area contributed by atoms with Crippen molar-refractivity contribution in [2.45, 2.75) is 12.8 Å². The molecule has 0 spiro atoms. The normalized spacial score (nSPS) is 20.1. The maximum Gasteiger partial charge on any atom is 0.0406 e. The van der Waals surface area contributed by atoms with Crippen molar-refractivity contribution < 1.29 is 0 Å². The largest absolute Gasteiger partial charge is 0.306 e. The molecule has 11 heavy (non-hydrogen) atoms. The minimum atomic E-state index is 1.13. The second-order valence-corrected chi connectivity index (χ2v) is 3.32. The Morgan fingerprint density at radius 1 is 1.27 bits per heavy atom. The van der Waals surface area contributed by atoms with Crippen molar-refractivity contribution in [1.29, 1.82) is 0 Å². The third-order valence-electron chi connectivity index (χ3n) is 1.91. The number of rotatable bonds is 1. The highest BCUT2D eigenvalue weighted by Crippen LogP contribution is 2.04. The fourth-order valence-electron chi connectivity index (χ4n) is 1.26. The molecular formula is C8H17N3. The van der Waals surface area contributed by atoms with Crippen LogP contribution in [0.3, 0.4) is 0 Å². The van der Waals surface area contributed by atoms with Crippen molar-refractivity contribution in [3.8, 4) is 0 Å². The Morgan fingerprint density at radius 3 is 2.27 bits per heavy atom. The summed E-state index contributed by atoms with van der Waals surface area (Å²) >= 11 is 0. The molecule has 0 aromatic rings. The summed E-state index contributed by atoms with van der Waals surface area (Å²) in [5, 5.41) is 6.28. The summed E-state index contributed by atoms with van der Waals surface area (Å²) in [6, 6.07) is 0. The van der Waals surface area contributed by atoms with Gasteiger partial charge in [0.15, 0.2) is 0 Å². The molecule has 0 N–H and O–H groups in total. The lowest BCUT2D eigenvalue weighted by atomic mass is 10.1. The number of hydrogen-bond donors (Lipinski definition) is 0. The van der Waals surface area contributed by atoms with Crippen molar-refractivity contribution in [3.05, 3.63) is 0 Å². The summed E-state index contributed by atoms with van der Waals surface area (Å²) in [5.74, 6) is 0. The molecule has 0 aromatic heterocycles. The van der Waals surface area contributed by atoms with Gasteiger partial charge < -0.3 is 9.91 Å². The molecule has 1 saturated heterocycles. The van der Waals surface area contributed by atoms with Crippen molar-refractivity contribution in [1.82, 2.24) is 9.91 Å². The average molecular weight is 155 g/mol. The SMILES string of the molecule is CN1CCC(=NN(C)C)CC1. The van der Waals surface area contributed by atoms with E-state index < -0.39 is 0 Å². The molecule has 0 radical (unpaired) electrons. The maximum atomic E-state index is 4.39. The van der Waals surface area contributed by atoms with Crippen LogP contribution in [0.2, 0.25) is 0 Å². The zero-order chi connectivity index (χ0) is 8.27. The van der Waals surface area contributed by atoms with E-state index in [0.717, 1.165) is 25.9 Å². The first-order valence-electron chi connectivity index (χ1n) is 4.10. The quantitative estimate of drug-likeness (QED) is 0.517. The van der Waals surface area contributed by atoms with Crippen LogP contribution >= 0.6 is 0 Å². The summed E-state index contributed by atoms with van der Waals surface area (Å²) in [7, 11) is 6.11. The minimum absolute atomic E-state index is 1.13. The molecule has 0 bridgehead atoms. The topological polar surface area (TPSA) is 18.8 Å². The standard InChI is InChI=1S/C8H17N3/c1-10(2)9-8-4-6-11(3)7-5-8/h4-7H2,1-3H3. The highest BCUT2D eigenvalue weighted by Gasteiger charge is 2.10. The van der Waals surface area contributed by atoms with E-state index in [9.17, 15) is 0 Å². The molecule has 0 aliphatic carbocycles. The fourth-order valence-corrected chi connectivity index (χ4v) is 1.26. The molecule has 3 nitrogen and oxygen atoms in total. The van der Waals surface area contributed by atoms with E-state index >= 15 is 0 Å². The Bertz CT molecular complexity index is 141. The van der Waals surface area contributed by atoms with Crippen LogP contribution in [0.4, 0.5) is 0 Å². The predicted molar refractivity (Wildman–Crippen MR) is 47.9 cm³/mol. The van der Waals surface area contributed by atoms with Crippen LogP contribution in [-0.4, -0.2) is 49.9 Å². The molecule has 1 rings (SSSR count). The van der Waals surface area contributed by atoms with Gasteiger partial charge in [-0.05, 0) is 7.05 Å². The zero-order valence-electron chi connectivity index (χ0n) is 7.67. The monoisotopic (exact) mass is 155 g/mol. The molecule has 1 aliphatic rings. The molecule has 1 fully saturated rings. The van der Waals surface area contributed by atoms with E-state index in [-0.39, 0.29) is 0 Å². The van der Waals surface area contributed by atoms with Crippen LogP contribution in [0.5, 0.6) is 0 Å². The van der Waals surface area contributed by atoms with Gasteiger partial charge in [0.1, 0.15) is 0 Å². The summed E-state index contributed by atoms with van der Waals surface area (Å²) < 4.78 is 0. The average Bonchev–Trinajstić information content (AvgIpc) is 1.93. The third kappa shape index (κ3) is 2.89. The summed E-state index contributed by atoms with van der Waals surface area (Å²) in [6.45, 7) is 2.32. The number of hydrazone groups is 1. The molecule has 64 valence electrons. The van der Waals surface area contributed by atoms with Gasteiger partial charge in [0.25, 0.3) is 0 Å². The Balaban J connectivity index is 2.38. The molecular weight excluding hydrogens is 138 g/mol. The molecule has 1 aliphatic heterocycles. The van der Waals surface area contributed by atoms with Gasteiger partial charge in [-0.2, -0.15) is 5.10 Å². The predicted octanol–water partition coefficient (Wildman–Crippen LogP) is 0.630. The van der Waals surface area contributed by atoms with Gasteiger partial charge in [-0.25, -0.2) is 0 Å². The molecule has 0 atom stereocenters. The fraction of sp³-hybridized carbons (Fsp3) is 0.875. The van der Waals surface area contributed by atoms with Gasteiger partial charge >= 0.3 is 0 Å². The number of nitrogens with zero attached hydrogens (tertiary/aromatic N) is 3. The van der Waals surface area contributed by atoms with Crippen molar-refractivity contribution >= 4 is 5.71 Å². The van der Waals surface area contributed by atoms with Gasteiger partial charge in [0, 0.05) is 45.7 Å². The lowest BCUT2D eigenvalue weighted by Crippen LogP contribution is -2.31. The van der Waals surface area contributed by atoms with Gasteiger partial charge in [-0.15, -0.1) is 0 Å². The smallest absolute Gasteiger partial charge is 0.0406 e. The Kier molecular flexibility index (Phi) is 2.88. The highest BCUT2D eigenvalue weighted by atomic mass is 15.4. The summed E-state index contributed by atoms with van der Waals surface area (Å²) in [6.07, 6.45) is 2.27. The Labute approximate surface area is 68.7 Å². The number of hydrogen-bond acceptors (Lipinski definition) is 3.